The number of aryl methyl sites for hydroxylation is 2. The van der Waals surface area contributed by atoms with E-state index in [-0.39, 0.29) is 11.6 Å². The van der Waals surface area contributed by atoms with Crippen LogP contribution in [-0.4, -0.2) is 46.9 Å². The number of nitro benzene ring substituents is 1. The Labute approximate surface area is 192 Å². The van der Waals surface area contributed by atoms with Crippen LogP contribution in [0.3, 0.4) is 0 Å². The van der Waals surface area contributed by atoms with Gasteiger partial charge in [0.05, 0.1) is 15.1 Å². The summed E-state index contributed by atoms with van der Waals surface area (Å²) in [4.78, 5) is 32.4. The Balaban J connectivity index is 1.88. The summed E-state index contributed by atoms with van der Waals surface area (Å²) in [7, 11) is 0. The van der Waals surface area contributed by atoms with Gasteiger partial charge in [0.1, 0.15) is 0 Å². The molecule has 0 N–H and O–H groups in total. The fourth-order valence-corrected chi connectivity index (χ4v) is 4.69. The standard InChI is InChI=1S/C24H28N4O3S/c1-5-26(6-2)13-14-27(24-25-23-18(4)15-17(3)16-21(23)32-24)22(29)12-9-19-7-10-20(11-8-19)28(30)31/h7-12,15-16H,5-6,13-14H2,1-4H3/b12-9-. The maximum Gasteiger partial charge on any atom is 0.269 e. The summed E-state index contributed by atoms with van der Waals surface area (Å²) in [6, 6.07) is 10.3. The zero-order valence-electron chi connectivity index (χ0n) is 18.9. The SMILES string of the molecule is CCN(CC)CCN(C(=O)/C=C\c1ccc([N+](=O)[O-])cc1)c1nc2c(C)cc(C)cc2s1. The first-order valence-corrected chi connectivity index (χ1v) is 11.5. The zero-order valence-corrected chi connectivity index (χ0v) is 19.7. The summed E-state index contributed by atoms with van der Waals surface area (Å²) in [5.41, 5.74) is 3.94. The predicted octanol–water partition coefficient (Wildman–Crippen LogP) is 5.21. The van der Waals surface area contributed by atoms with Crippen LogP contribution in [0.25, 0.3) is 16.3 Å². The molecule has 2 aromatic carbocycles. The molecule has 0 radical (unpaired) electrons. The molecule has 32 heavy (non-hydrogen) atoms. The lowest BCUT2D eigenvalue weighted by Gasteiger charge is -2.23. The van der Waals surface area contributed by atoms with Crippen molar-refractivity contribution in [1.29, 1.82) is 0 Å². The van der Waals surface area contributed by atoms with Gasteiger partial charge in [-0.2, -0.15) is 0 Å². The van der Waals surface area contributed by atoms with E-state index in [1.54, 1.807) is 23.1 Å². The van der Waals surface area contributed by atoms with Crippen molar-refractivity contribution in [3.05, 3.63) is 69.3 Å². The number of non-ortho nitro benzene ring substituents is 1. The maximum atomic E-state index is 13.2. The molecule has 168 valence electrons. The van der Waals surface area contributed by atoms with Crippen LogP contribution < -0.4 is 4.90 Å². The molecule has 1 aromatic heterocycles. The lowest BCUT2D eigenvalue weighted by atomic mass is 10.1. The second kappa shape index (κ2) is 10.5. The Hall–Kier alpha value is -3.10. The van der Waals surface area contributed by atoms with E-state index in [9.17, 15) is 14.9 Å². The van der Waals surface area contributed by atoms with Crippen LogP contribution in [0.15, 0.2) is 42.5 Å². The first kappa shape index (κ1) is 23.6. The van der Waals surface area contributed by atoms with Gasteiger partial charge < -0.3 is 4.90 Å². The highest BCUT2D eigenvalue weighted by atomic mass is 32.1. The molecule has 0 aliphatic carbocycles. The molecule has 3 rings (SSSR count). The van der Waals surface area contributed by atoms with Crippen LogP contribution in [0.4, 0.5) is 10.8 Å². The minimum Gasteiger partial charge on any atom is -0.302 e. The van der Waals surface area contributed by atoms with Crippen molar-refractivity contribution in [3.8, 4) is 0 Å². The predicted molar refractivity (Wildman–Crippen MR) is 131 cm³/mol. The Morgan fingerprint density at radius 2 is 1.81 bits per heavy atom. The third-order valence-corrected chi connectivity index (χ3v) is 6.40. The number of hydrogen-bond donors (Lipinski definition) is 0. The summed E-state index contributed by atoms with van der Waals surface area (Å²) in [6.45, 7) is 11.4. The molecule has 1 heterocycles. The Morgan fingerprint density at radius 1 is 1.12 bits per heavy atom. The monoisotopic (exact) mass is 452 g/mol. The molecule has 0 saturated heterocycles. The van der Waals surface area contributed by atoms with E-state index in [2.05, 4.69) is 37.8 Å². The summed E-state index contributed by atoms with van der Waals surface area (Å²) < 4.78 is 1.07. The second-order valence-electron chi connectivity index (χ2n) is 7.62. The number of nitro groups is 1. The van der Waals surface area contributed by atoms with E-state index in [1.165, 1.54) is 35.1 Å². The Morgan fingerprint density at radius 3 is 2.44 bits per heavy atom. The average Bonchev–Trinajstić information content (AvgIpc) is 3.19. The molecule has 3 aromatic rings. The fourth-order valence-electron chi connectivity index (χ4n) is 3.52. The lowest BCUT2D eigenvalue weighted by molar-refractivity contribution is -0.384. The van der Waals surface area contributed by atoms with Gasteiger partial charge in [-0.3, -0.25) is 19.8 Å². The summed E-state index contributed by atoms with van der Waals surface area (Å²) in [6.07, 6.45) is 3.19. The minimum atomic E-state index is -0.440. The van der Waals surface area contributed by atoms with Crippen molar-refractivity contribution in [1.82, 2.24) is 9.88 Å². The molecule has 0 aliphatic heterocycles. The molecule has 7 nitrogen and oxygen atoms in total. The van der Waals surface area contributed by atoms with Crippen molar-refractivity contribution in [2.75, 3.05) is 31.1 Å². The van der Waals surface area contributed by atoms with E-state index in [0.717, 1.165) is 41.0 Å². The van der Waals surface area contributed by atoms with Gasteiger partial charge in [0.2, 0.25) is 0 Å². The van der Waals surface area contributed by atoms with Gasteiger partial charge in [-0.15, -0.1) is 0 Å². The van der Waals surface area contributed by atoms with Crippen LogP contribution in [0, 0.1) is 24.0 Å². The molecule has 0 bridgehead atoms. The highest BCUT2D eigenvalue weighted by Crippen LogP contribution is 2.32. The maximum absolute atomic E-state index is 13.2. The van der Waals surface area contributed by atoms with Gasteiger partial charge in [0.25, 0.3) is 11.6 Å². The minimum absolute atomic E-state index is 0.0227. The molecular weight excluding hydrogens is 424 g/mol. The fraction of sp³-hybridized carbons (Fsp3) is 0.333. The Bertz CT molecular complexity index is 1130. The molecule has 1 amide bonds. The number of benzene rings is 2. The Kier molecular flexibility index (Phi) is 7.71. The first-order chi connectivity index (χ1) is 15.3. The van der Waals surface area contributed by atoms with Crippen molar-refractivity contribution in [3.63, 3.8) is 0 Å². The van der Waals surface area contributed by atoms with Crippen molar-refractivity contribution in [2.24, 2.45) is 0 Å². The van der Waals surface area contributed by atoms with Gasteiger partial charge in [-0.1, -0.05) is 31.3 Å². The van der Waals surface area contributed by atoms with Gasteiger partial charge in [-0.25, -0.2) is 4.98 Å². The molecule has 0 aliphatic rings. The van der Waals surface area contributed by atoms with Gasteiger partial charge in [0.15, 0.2) is 5.13 Å². The zero-order chi connectivity index (χ0) is 23.3. The number of likely N-dealkylation sites (N-methyl/N-ethyl adjacent to an activating group) is 1. The van der Waals surface area contributed by atoms with E-state index in [4.69, 9.17) is 4.98 Å². The summed E-state index contributed by atoms with van der Waals surface area (Å²) in [5, 5.41) is 11.5. The topological polar surface area (TPSA) is 79.6 Å². The number of carbonyl (C=O) groups is 1. The van der Waals surface area contributed by atoms with Crippen molar-refractivity contribution in [2.45, 2.75) is 27.7 Å². The molecule has 0 saturated carbocycles. The third kappa shape index (κ3) is 5.57. The van der Waals surface area contributed by atoms with Crippen molar-refractivity contribution >= 4 is 44.4 Å². The normalized spacial score (nSPS) is 11.5. The summed E-state index contributed by atoms with van der Waals surface area (Å²) >= 11 is 1.52. The molecule has 0 atom stereocenters. The van der Waals surface area contributed by atoms with Gasteiger partial charge in [-0.05, 0) is 67.9 Å². The molecular formula is C24H28N4O3S. The van der Waals surface area contributed by atoms with Gasteiger partial charge >= 0.3 is 0 Å². The quantitative estimate of drug-likeness (QED) is 0.253. The number of fused-ring (bicyclic) bond motifs is 1. The number of hydrogen-bond acceptors (Lipinski definition) is 6. The number of nitrogens with zero attached hydrogens (tertiary/aromatic N) is 4. The number of anilines is 1. The molecule has 0 spiro atoms. The molecule has 8 heteroatoms. The largest absolute Gasteiger partial charge is 0.302 e. The number of rotatable bonds is 9. The molecule has 0 fully saturated rings. The van der Waals surface area contributed by atoms with Gasteiger partial charge in [0, 0.05) is 31.3 Å². The number of amides is 1. The van der Waals surface area contributed by atoms with E-state index in [1.807, 2.05) is 6.92 Å². The number of thiazole rings is 1. The van der Waals surface area contributed by atoms with Crippen molar-refractivity contribution < 1.29 is 9.72 Å². The smallest absolute Gasteiger partial charge is 0.269 e. The van der Waals surface area contributed by atoms with Crippen LogP contribution >= 0.6 is 11.3 Å². The van der Waals surface area contributed by atoms with Crippen LogP contribution in [0.5, 0.6) is 0 Å². The van der Waals surface area contributed by atoms with E-state index >= 15 is 0 Å². The average molecular weight is 453 g/mol. The van der Waals surface area contributed by atoms with E-state index < -0.39 is 4.92 Å². The second-order valence-corrected chi connectivity index (χ2v) is 8.63. The highest BCUT2D eigenvalue weighted by molar-refractivity contribution is 7.22. The first-order valence-electron chi connectivity index (χ1n) is 10.7. The number of aromatic nitrogens is 1. The van der Waals surface area contributed by atoms with E-state index in [0.29, 0.717) is 11.7 Å². The van der Waals surface area contributed by atoms with Crippen LogP contribution in [-0.2, 0) is 4.79 Å². The third-order valence-electron chi connectivity index (χ3n) is 5.37. The van der Waals surface area contributed by atoms with Crippen LogP contribution in [0.1, 0.15) is 30.5 Å². The highest BCUT2D eigenvalue weighted by Gasteiger charge is 2.19. The number of carbonyl (C=O) groups excluding carboxylic acids is 1. The van der Waals surface area contributed by atoms with Crippen LogP contribution in [0.2, 0.25) is 0 Å². The molecule has 0 unspecified atom stereocenters. The lowest BCUT2D eigenvalue weighted by Crippen LogP contribution is -2.38. The summed E-state index contributed by atoms with van der Waals surface area (Å²) in [5.74, 6) is -0.163.